The van der Waals surface area contributed by atoms with Gasteiger partial charge in [0.25, 0.3) is 0 Å². The van der Waals surface area contributed by atoms with Crippen molar-refractivity contribution in [1.29, 1.82) is 0 Å². The SMILES string of the molecule is COc1ccc(-c2cc3ccc(N4CCN[C@@H](C)C4)cc3oc2=O)cc1F. The highest BCUT2D eigenvalue weighted by molar-refractivity contribution is 5.84. The Kier molecular flexibility index (Phi) is 4.58. The average molecular weight is 368 g/mol. The normalized spacial score (nSPS) is 17.3. The lowest BCUT2D eigenvalue weighted by Crippen LogP contribution is -2.49. The van der Waals surface area contributed by atoms with Crippen LogP contribution >= 0.6 is 0 Å². The molecular weight excluding hydrogens is 347 g/mol. The molecule has 3 aromatic rings. The minimum Gasteiger partial charge on any atom is -0.494 e. The van der Waals surface area contributed by atoms with Crippen molar-refractivity contribution in [2.24, 2.45) is 0 Å². The van der Waals surface area contributed by atoms with E-state index in [1.165, 1.54) is 19.2 Å². The summed E-state index contributed by atoms with van der Waals surface area (Å²) in [4.78, 5) is 14.8. The van der Waals surface area contributed by atoms with Gasteiger partial charge in [-0.15, -0.1) is 0 Å². The van der Waals surface area contributed by atoms with E-state index in [1.54, 1.807) is 12.1 Å². The predicted molar refractivity (Wildman–Crippen MR) is 104 cm³/mol. The molecule has 2 aromatic carbocycles. The minimum absolute atomic E-state index is 0.138. The molecule has 1 aliphatic rings. The molecule has 1 aliphatic heterocycles. The molecular formula is C21H21FN2O3. The third kappa shape index (κ3) is 3.40. The van der Waals surface area contributed by atoms with Gasteiger partial charge in [-0.1, -0.05) is 6.07 Å². The quantitative estimate of drug-likeness (QED) is 0.718. The smallest absolute Gasteiger partial charge is 0.344 e. The summed E-state index contributed by atoms with van der Waals surface area (Å²) in [6.45, 7) is 4.88. The zero-order valence-corrected chi connectivity index (χ0v) is 15.3. The van der Waals surface area contributed by atoms with E-state index < -0.39 is 11.4 Å². The van der Waals surface area contributed by atoms with E-state index in [0.717, 1.165) is 30.7 Å². The molecule has 1 aromatic heterocycles. The monoisotopic (exact) mass is 368 g/mol. The predicted octanol–water partition coefficient (Wildman–Crippen LogP) is 3.41. The number of rotatable bonds is 3. The molecule has 0 amide bonds. The fourth-order valence-corrected chi connectivity index (χ4v) is 3.50. The number of nitrogens with one attached hydrogen (secondary N) is 1. The van der Waals surface area contributed by atoms with Gasteiger partial charge >= 0.3 is 5.63 Å². The topological polar surface area (TPSA) is 54.7 Å². The number of halogens is 1. The van der Waals surface area contributed by atoms with Crippen LogP contribution in [0.3, 0.4) is 0 Å². The first kappa shape index (κ1) is 17.5. The third-order valence-electron chi connectivity index (χ3n) is 4.92. The summed E-state index contributed by atoms with van der Waals surface area (Å²) in [5.41, 5.74) is 1.86. The molecule has 0 spiro atoms. The van der Waals surface area contributed by atoms with Crippen molar-refractivity contribution in [3.8, 4) is 16.9 Å². The Bertz CT molecular complexity index is 1050. The van der Waals surface area contributed by atoms with E-state index >= 15 is 0 Å². The second-order valence-electron chi connectivity index (χ2n) is 6.82. The molecule has 1 fully saturated rings. The lowest BCUT2D eigenvalue weighted by Gasteiger charge is -2.33. The number of nitrogens with zero attached hydrogens (tertiary/aromatic N) is 1. The standard InChI is InChI=1S/C21H21FN2O3/c1-13-12-24(8-7-23-13)16-5-3-15-9-17(21(25)27-20(15)11-16)14-4-6-19(26-2)18(22)10-14/h3-6,9-11,13,23H,7-8,12H2,1-2H3/t13-/m0/s1. The number of benzene rings is 2. The van der Waals surface area contributed by atoms with Crippen molar-refractivity contribution >= 4 is 16.7 Å². The van der Waals surface area contributed by atoms with Gasteiger partial charge in [-0.2, -0.15) is 0 Å². The summed E-state index contributed by atoms with van der Waals surface area (Å²) in [5, 5.41) is 4.21. The molecule has 1 saturated heterocycles. The van der Waals surface area contributed by atoms with Crippen molar-refractivity contribution in [2.75, 3.05) is 31.6 Å². The number of anilines is 1. The Morgan fingerprint density at radius 3 is 2.81 bits per heavy atom. The molecule has 5 nitrogen and oxygen atoms in total. The van der Waals surface area contributed by atoms with Crippen LogP contribution in [-0.2, 0) is 0 Å². The molecule has 0 bridgehead atoms. The summed E-state index contributed by atoms with van der Waals surface area (Å²) in [7, 11) is 1.40. The van der Waals surface area contributed by atoms with Gasteiger partial charge in [0.1, 0.15) is 5.58 Å². The van der Waals surface area contributed by atoms with Crippen molar-refractivity contribution in [3.63, 3.8) is 0 Å². The molecule has 0 radical (unpaired) electrons. The van der Waals surface area contributed by atoms with Gasteiger partial charge < -0.3 is 19.4 Å². The van der Waals surface area contributed by atoms with E-state index in [1.807, 2.05) is 18.2 Å². The van der Waals surface area contributed by atoms with Crippen LogP contribution in [0.25, 0.3) is 22.1 Å². The van der Waals surface area contributed by atoms with Gasteiger partial charge in [-0.25, -0.2) is 9.18 Å². The fourth-order valence-electron chi connectivity index (χ4n) is 3.50. The van der Waals surface area contributed by atoms with Crippen molar-refractivity contribution < 1.29 is 13.5 Å². The third-order valence-corrected chi connectivity index (χ3v) is 4.92. The summed E-state index contributed by atoms with van der Waals surface area (Å²) in [5.74, 6) is -0.378. The molecule has 0 aliphatic carbocycles. The zero-order valence-electron chi connectivity index (χ0n) is 15.3. The van der Waals surface area contributed by atoms with Crippen LogP contribution in [-0.4, -0.2) is 32.8 Å². The largest absolute Gasteiger partial charge is 0.494 e. The number of hydrogen-bond acceptors (Lipinski definition) is 5. The molecule has 2 heterocycles. The Hall–Kier alpha value is -2.86. The first-order valence-electron chi connectivity index (χ1n) is 8.95. The number of fused-ring (bicyclic) bond motifs is 1. The lowest BCUT2D eigenvalue weighted by molar-refractivity contribution is 0.386. The highest BCUT2D eigenvalue weighted by atomic mass is 19.1. The number of methoxy groups -OCH3 is 1. The molecule has 0 unspecified atom stereocenters. The Morgan fingerprint density at radius 2 is 2.07 bits per heavy atom. The van der Waals surface area contributed by atoms with E-state index in [9.17, 15) is 9.18 Å². The molecule has 4 rings (SSSR count). The molecule has 6 heteroatoms. The summed E-state index contributed by atoms with van der Waals surface area (Å²) < 4.78 is 24.5. The first-order chi connectivity index (χ1) is 13.0. The Balaban J connectivity index is 1.73. The van der Waals surface area contributed by atoms with Crippen molar-refractivity contribution in [3.05, 3.63) is 58.7 Å². The van der Waals surface area contributed by atoms with Gasteiger partial charge in [0.05, 0.1) is 12.7 Å². The number of piperazine rings is 1. The maximum Gasteiger partial charge on any atom is 0.344 e. The lowest BCUT2D eigenvalue weighted by atomic mass is 10.1. The summed E-state index contributed by atoms with van der Waals surface area (Å²) >= 11 is 0. The highest BCUT2D eigenvalue weighted by Crippen LogP contribution is 2.28. The maximum atomic E-state index is 14.0. The van der Waals surface area contributed by atoms with E-state index in [-0.39, 0.29) is 5.75 Å². The maximum absolute atomic E-state index is 14.0. The number of hydrogen-bond donors (Lipinski definition) is 1. The van der Waals surface area contributed by atoms with E-state index in [0.29, 0.717) is 22.8 Å². The van der Waals surface area contributed by atoms with Crippen molar-refractivity contribution in [2.45, 2.75) is 13.0 Å². The second kappa shape index (κ2) is 7.04. The highest BCUT2D eigenvalue weighted by Gasteiger charge is 2.17. The molecule has 140 valence electrons. The van der Waals surface area contributed by atoms with E-state index in [2.05, 4.69) is 17.1 Å². The van der Waals surface area contributed by atoms with Crippen LogP contribution in [0.2, 0.25) is 0 Å². The second-order valence-corrected chi connectivity index (χ2v) is 6.82. The summed E-state index contributed by atoms with van der Waals surface area (Å²) in [6.07, 6.45) is 0. The van der Waals surface area contributed by atoms with Crippen LogP contribution < -0.4 is 20.6 Å². The van der Waals surface area contributed by atoms with E-state index in [4.69, 9.17) is 9.15 Å². The van der Waals surface area contributed by atoms with Gasteiger partial charge in [0, 0.05) is 42.8 Å². The minimum atomic E-state index is -0.516. The van der Waals surface area contributed by atoms with Crippen LogP contribution in [0.5, 0.6) is 5.75 Å². The van der Waals surface area contributed by atoms with Gasteiger partial charge in [0.15, 0.2) is 11.6 Å². The molecule has 0 saturated carbocycles. The van der Waals surface area contributed by atoms with Gasteiger partial charge in [0.2, 0.25) is 0 Å². The number of ether oxygens (including phenoxy) is 1. The van der Waals surface area contributed by atoms with Gasteiger partial charge in [-0.05, 0) is 42.8 Å². The van der Waals surface area contributed by atoms with Gasteiger partial charge in [-0.3, -0.25) is 0 Å². The molecule has 27 heavy (non-hydrogen) atoms. The summed E-state index contributed by atoms with van der Waals surface area (Å²) in [6, 6.07) is 12.4. The van der Waals surface area contributed by atoms with Crippen LogP contribution in [0.4, 0.5) is 10.1 Å². The van der Waals surface area contributed by atoms with Crippen LogP contribution in [0, 0.1) is 5.82 Å². The zero-order chi connectivity index (χ0) is 19.0. The first-order valence-corrected chi connectivity index (χ1v) is 8.95. The Morgan fingerprint density at radius 1 is 1.22 bits per heavy atom. The fraction of sp³-hybridized carbons (Fsp3) is 0.286. The molecule has 1 atom stereocenters. The Labute approximate surface area is 156 Å². The average Bonchev–Trinajstić information content (AvgIpc) is 2.67. The van der Waals surface area contributed by atoms with Crippen LogP contribution in [0.1, 0.15) is 6.92 Å². The molecule has 1 N–H and O–H groups in total. The van der Waals surface area contributed by atoms with Crippen molar-refractivity contribution in [1.82, 2.24) is 5.32 Å². The van der Waals surface area contributed by atoms with Crippen LogP contribution in [0.15, 0.2) is 51.7 Å².